The molecule has 3 nitrogen and oxygen atoms in total. The number of carbonyl (C=O) groups is 1. The molecule has 0 saturated carbocycles. The SMILES string of the molecule is CCc1cccc(C)c1NC(=O)CN1C[C@@H](C)C[C@H](C)C1. The van der Waals surface area contributed by atoms with Crippen molar-refractivity contribution in [2.24, 2.45) is 11.8 Å². The van der Waals surface area contributed by atoms with Gasteiger partial charge in [-0.3, -0.25) is 9.69 Å². The third-order valence-electron chi connectivity index (χ3n) is 4.32. The second-order valence-electron chi connectivity index (χ2n) is 6.65. The third kappa shape index (κ3) is 4.31. The minimum Gasteiger partial charge on any atom is -0.324 e. The number of para-hydroxylation sites is 1. The third-order valence-corrected chi connectivity index (χ3v) is 4.32. The predicted molar refractivity (Wildman–Crippen MR) is 88.6 cm³/mol. The number of carbonyl (C=O) groups excluding carboxylic acids is 1. The van der Waals surface area contributed by atoms with Gasteiger partial charge in [0.2, 0.25) is 5.91 Å². The predicted octanol–water partition coefficient (Wildman–Crippen LogP) is 3.47. The Morgan fingerprint density at radius 2 is 1.95 bits per heavy atom. The van der Waals surface area contributed by atoms with Crippen LogP contribution in [0.1, 0.15) is 38.3 Å². The van der Waals surface area contributed by atoms with E-state index in [-0.39, 0.29) is 5.91 Å². The minimum atomic E-state index is 0.111. The fraction of sp³-hybridized carbons (Fsp3) is 0.611. The summed E-state index contributed by atoms with van der Waals surface area (Å²) in [6.45, 7) is 11.3. The molecule has 3 heteroatoms. The molecule has 1 N–H and O–H groups in total. The van der Waals surface area contributed by atoms with Crippen LogP contribution in [0.5, 0.6) is 0 Å². The Labute approximate surface area is 128 Å². The molecule has 1 fully saturated rings. The number of amides is 1. The first kappa shape index (κ1) is 16.0. The van der Waals surface area contributed by atoms with Crippen LogP contribution in [0.15, 0.2) is 18.2 Å². The monoisotopic (exact) mass is 288 g/mol. The van der Waals surface area contributed by atoms with Crippen molar-refractivity contribution in [3.05, 3.63) is 29.3 Å². The molecule has 1 aliphatic heterocycles. The van der Waals surface area contributed by atoms with E-state index >= 15 is 0 Å². The molecule has 1 aromatic rings. The van der Waals surface area contributed by atoms with Crippen LogP contribution < -0.4 is 5.32 Å². The number of rotatable bonds is 4. The molecule has 2 rings (SSSR count). The van der Waals surface area contributed by atoms with E-state index < -0.39 is 0 Å². The van der Waals surface area contributed by atoms with E-state index in [4.69, 9.17) is 0 Å². The normalized spacial score (nSPS) is 23.0. The second-order valence-corrected chi connectivity index (χ2v) is 6.65. The van der Waals surface area contributed by atoms with Crippen LogP contribution in [0.2, 0.25) is 0 Å². The highest BCUT2D eigenvalue weighted by molar-refractivity contribution is 5.93. The van der Waals surface area contributed by atoms with Gasteiger partial charge in [0.1, 0.15) is 0 Å². The van der Waals surface area contributed by atoms with Gasteiger partial charge in [-0.15, -0.1) is 0 Å². The fourth-order valence-electron chi connectivity index (χ4n) is 3.51. The van der Waals surface area contributed by atoms with Crippen molar-refractivity contribution in [2.75, 3.05) is 25.0 Å². The Balaban J connectivity index is 1.99. The lowest BCUT2D eigenvalue weighted by atomic mass is 9.92. The largest absolute Gasteiger partial charge is 0.324 e. The molecule has 0 bridgehead atoms. The Morgan fingerprint density at radius 1 is 1.29 bits per heavy atom. The summed E-state index contributed by atoms with van der Waals surface area (Å²) in [4.78, 5) is 14.7. The summed E-state index contributed by atoms with van der Waals surface area (Å²) < 4.78 is 0. The number of hydrogen-bond acceptors (Lipinski definition) is 2. The van der Waals surface area contributed by atoms with Gasteiger partial charge in [-0.1, -0.05) is 39.0 Å². The van der Waals surface area contributed by atoms with Crippen molar-refractivity contribution in [2.45, 2.75) is 40.5 Å². The molecule has 1 saturated heterocycles. The number of nitrogens with zero attached hydrogens (tertiary/aromatic N) is 1. The van der Waals surface area contributed by atoms with Crippen LogP contribution in [0.25, 0.3) is 0 Å². The van der Waals surface area contributed by atoms with E-state index in [9.17, 15) is 4.79 Å². The lowest BCUT2D eigenvalue weighted by Crippen LogP contribution is -2.42. The van der Waals surface area contributed by atoms with Gasteiger partial charge < -0.3 is 5.32 Å². The van der Waals surface area contributed by atoms with Crippen molar-refractivity contribution in [3.63, 3.8) is 0 Å². The van der Waals surface area contributed by atoms with E-state index in [1.54, 1.807) is 0 Å². The summed E-state index contributed by atoms with van der Waals surface area (Å²) in [5, 5.41) is 3.13. The molecule has 0 aromatic heterocycles. The number of benzene rings is 1. The molecular weight excluding hydrogens is 260 g/mol. The number of hydrogen-bond donors (Lipinski definition) is 1. The molecule has 0 radical (unpaired) electrons. The lowest BCUT2D eigenvalue weighted by Gasteiger charge is -2.34. The van der Waals surface area contributed by atoms with Gasteiger partial charge in [-0.05, 0) is 42.7 Å². The maximum absolute atomic E-state index is 12.4. The maximum Gasteiger partial charge on any atom is 0.238 e. The second kappa shape index (κ2) is 7.08. The van der Waals surface area contributed by atoms with Crippen molar-refractivity contribution in [1.29, 1.82) is 0 Å². The molecular formula is C18H28N2O. The molecule has 0 aliphatic carbocycles. The number of piperidine rings is 1. The first-order valence-electron chi connectivity index (χ1n) is 8.10. The van der Waals surface area contributed by atoms with Gasteiger partial charge in [0.15, 0.2) is 0 Å². The van der Waals surface area contributed by atoms with Gasteiger partial charge in [0, 0.05) is 18.8 Å². The molecule has 1 heterocycles. The van der Waals surface area contributed by atoms with Gasteiger partial charge in [-0.2, -0.15) is 0 Å². The van der Waals surface area contributed by atoms with Crippen LogP contribution >= 0.6 is 0 Å². The topological polar surface area (TPSA) is 32.3 Å². The van der Waals surface area contributed by atoms with Crippen LogP contribution in [0.3, 0.4) is 0 Å². The van der Waals surface area contributed by atoms with Gasteiger partial charge in [-0.25, -0.2) is 0 Å². The smallest absolute Gasteiger partial charge is 0.238 e. The van der Waals surface area contributed by atoms with Crippen molar-refractivity contribution in [3.8, 4) is 0 Å². The van der Waals surface area contributed by atoms with Crippen molar-refractivity contribution >= 4 is 11.6 Å². The van der Waals surface area contributed by atoms with E-state index in [0.717, 1.165) is 30.8 Å². The standard InChI is InChI=1S/C18H28N2O/c1-5-16-8-6-7-15(4)18(16)19-17(21)12-20-10-13(2)9-14(3)11-20/h6-8,13-14H,5,9-12H2,1-4H3,(H,19,21)/t13-,14-/m0/s1. The molecule has 0 unspecified atom stereocenters. The number of nitrogens with one attached hydrogen (secondary N) is 1. The zero-order chi connectivity index (χ0) is 15.4. The quantitative estimate of drug-likeness (QED) is 0.920. The number of anilines is 1. The molecule has 21 heavy (non-hydrogen) atoms. The van der Waals surface area contributed by atoms with E-state index in [1.165, 1.54) is 12.0 Å². The van der Waals surface area contributed by atoms with E-state index in [2.05, 4.69) is 56.1 Å². The molecule has 1 aliphatic rings. The van der Waals surface area contributed by atoms with Gasteiger partial charge in [0.25, 0.3) is 0 Å². The maximum atomic E-state index is 12.4. The van der Waals surface area contributed by atoms with E-state index in [1.807, 2.05) is 0 Å². The molecule has 116 valence electrons. The Kier molecular flexibility index (Phi) is 5.40. The summed E-state index contributed by atoms with van der Waals surface area (Å²) in [7, 11) is 0. The molecule has 2 atom stereocenters. The average molecular weight is 288 g/mol. The summed E-state index contributed by atoms with van der Waals surface area (Å²) >= 11 is 0. The summed E-state index contributed by atoms with van der Waals surface area (Å²) in [5.74, 6) is 1.48. The molecule has 1 amide bonds. The highest BCUT2D eigenvalue weighted by Gasteiger charge is 2.23. The van der Waals surface area contributed by atoms with Crippen LogP contribution in [-0.2, 0) is 11.2 Å². The Bertz CT molecular complexity index is 488. The molecule has 0 spiro atoms. The van der Waals surface area contributed by atoms with Crippen LogP contribution in [-0.4, -0.2) is 30.4 Å². The highest BCUT2D eigenvalue weighted by atomic mass is 16.2. The average Bonchev–Trinajstić information content (AvgIpc) is 2.39. The first-order chi connectivity index (χ1) is 9.99. The van der Waals surface area contributed by atoms with Crippen LogP contribution in [0.4, 0.5) is 5.69 Å². The zero-order valence-electron chi connectivity index (χ0n) is 13.8. The van der Waals surface area contributed by atoms with Crippen molar-refractivity contribution in [1.82, 2.24) is 4.90 Å². The van der Waals surface area contributed by atoms with Gasteiger partial charge >= 0.3 is 0 Å². The number of likely N-dealkylation sites (tertiary alicyclic amines) is 1. The Morgan fingerprint density at radius 3 is 2.57 bits per heavy atom. The summed E-state index contributed by atoms with van der Waals surface area (Å²) in [6, 6.07) is 6.20. The first-order valence-corrected chi connectivity index (χ1v) is 8.10. The Hall–Kier alpha value is -1.35. The van der Waals surface area contributed by atoms with Crippen molar-refractivity contribution < 1.29 is 4.79 Å². The number of aryl methyl sites for hydroxylation is 2. The summed E-state index contributed by atoms with van der Waals surface area (Å²) in [5.41, 5.74) is 3.36. The molecule has 1 aromatic carbocycles. The highest BCUT2D eigenvalue weighted by Crippen LogP contribution is 2.23. The van der Waals surface area contributed by atoms with Gasteiger partial charge in [0.05, 0.1) is 6.54 Å². The summed E-state index contributed by atoms with van der Waals surface area (Å²) in [6.07, 6.45) is 2.21. The zero-order valence-corrected chi connectivity index (χ0v) is 13.8. The van der Waals surface area contributed by atoms with E-state index in [0.29, 0.717) is 18.4 Å². The lowest BCUT2D eigenvalue weighted by molar-refractivity contribution is -0.117. The fourth-order valence-corrected chi connectivity index (χ4v) is 3.51. The van der Waals surface area contributed by atoms with Crippen LogP contribution in [0, 0.1) is 18.8 Å². The minimum absolute atomic E-state index is 0.111.